The molecule has 0 atom stereocenters. The fourth-order valence-electron chi connectivity index (χ4n) is 3.77. The largest absolute Gasteiger partial charge is 0.463 e. The third kappa shape index (κ3) is 2.51. The van der Waals surface area contributed by atoms with Crippen LogP contribution in [0.5, 0.6) is 0 Å². The Hall–Kier alpha value is -4.34. The summed E-state index contributed by atoms with van der Waals surface area (Å²) in [5.41, 5.74) is 3.98. The van der Waals surface area contributed by atoms with Gasteiger partial charge in [-0.2, -0.15) is 10.1 Å². The summed E-state index contributed by atoms with van der Waals surface area (Å²) in [4.78, 5) is 13.5. The van der Waals surface area contributed by atoms with Gasteiger partial charge in [0.1, 0.15) is 11.4 Å². The summed E-state index contributed by atoms with van der Waals surface area (Å²) >= 11 is 0. The minimum atomic E-state index is 0.345. The lowest BCUT2D eigenvalue weighted by atomic mass is 10.1. The maximum Gasteiger partial charge on any atom is 0.259 e. The SMILES string of the molecule is c1coc(-c2cc(-c3nc(-c4ccnc5ccnn45)no3)c3c(C4CC4)noc3n2)c1. The number of hydrogen-bond acceptors (Lipinski definition) is 9. The fourth-order valence-corrected chi connectivity index (χ4v) is 3.77. The van der Waals surface area contributed by atoms with Crippen LogP contribution in [0.15, 0.2) is 62.5 Å². The molecule has 1 saturated carbocycles. The highest BCUT2D eigenvalue weighted by Gasteiger charge is 2.32. The molecule has 1 fully saturated rings. The number of furan rings is 1. The van der Waals surface area contributed by atoms with E-state index in [0.717, 1.165) is 23.9 Å². The zero-order valence-electron chi connectivity index (χ0n) is 16.0. The Morgan fingerprint density at radius 3 is 2.84 bits per heavy atom. The van der Waals surface area contributed by atoms with Crippen LogP contribution in [0.4, 0.5) is 0 Å². The van der Waals surface area contributed by atoms with Gasteiger partial charge in [0.15, 0.2) is 11.4 Å². The average Bonchev–Trinajstić information content (AvgIpc) is 3.30. The zero-order chi connectivity index (χ0) is 20.4. The molecule has 0 radical (unpaired) electrons. The predicted molar refractivity (Wildman–Crippen MR) is 107 cm³/mol. The zero-order valence-corrected chi connectivity index (χ0v) is 16.0. The Morgan fingerprint density at radius 2 is 1.97 bits per heavy atom. The molecule has 7 rings (SSSR count). The number of rotatable bonds is 4. The van der Waals surface area contributed by atoms with Crippen molar-refractivity contribution in [2.75, 3.05) is 0 Å². The van der Waals surface area contributed by atoms with Crippen molar-refractivity contribution < 1.29 is 13.5 Å². The molecule has 10 nitrogen and oxygen atoms in total. The molecule has 0 saturated heterocycles. The summed E-state index contributed by atoms with van der Waals surface area (Å²) in [5, 5.41) is 13.6. The number of nitrogens with zero attached hydrogens (tertiary/aromatic N) is 7. The molecule has 31 heavy (non-hydrogen) atoms. The summed E-state index contributed by atoms with van der Waals surface area (Å²) in [6, 6.07) is 9.12. The van der Waals surface area contributed by atoms with Gasteiger partial charge in [-0.1, -0.05) is 10.3 Å². The van der Waals surface area contributed by atoms with Crippen LogP contribution >= 0.6 is 0 Å². The van der Waals surface area contributed by atoms with Crippen LogP contribution in [0, 0.1) is 0 Å². The molecule has 6 aromatic rings. The lowest BCUT2D eigenvalue weighted by Gasteiger charge is -2.02. The van der Waals surface area contributed by atoms with Gasteiger partial charge >= 0.3 is 0 Å². The van der Waals surface area contributed by atoms with Gasteiger partial charge in [0.25, 0.3) is 11.6 Å². The number of pyridine rings is 1. The molecule has 0 amide bonds. The Labute approximate surface area is 173 Å². The first-order valence-corrected chi connectivity index (χ1v) is 9.82. The van der Waals surface area contributed by atoms with E-state index in [0.29, 0.717) is 51.7 Å². The molecule has 6 aromatic heterocycles. The lowest BCUT2D eigenvalue weighted by Crippen LogP contribution is -1.96. The van der Waals surface area contributed by atoms with Gasteiger partial charge in [0.2, 0.25) is 5.82 Å². The van der Waals surface area contributed by atoms with Gasteiger partial charge in [-0.3, -0.25) is 0 Å². The number of aromatic nitrogens is 7. The van der Waals surface area contributed by atoms with Crippen molar-refractivity contribution in [3.05, 3.63) is 54.7 Å². The number of fused-ring (bicyclic) bond motifs is 2. The molecular weight excluding hydrogens is 398 g/mol. The van der Waals surface area contributed by atoms with E-state index in [1.165, 1.54) is 0 Å². The smallest absolute Gasteiger partial charge is 0.259 e. The normalized spacial score (nSPS) is 14.1. The van der Waals surface area contributed by atoms with E-state index in [9.17, 15) is 0 Å². The molecule has 0 spiro atoms. The molecule has 1 aliphatic rings. The fraction of sp³-hybridized carbons (Fsp3) is 0.143. The third-order valence-electron chi connectivity index (χ3n) is 5.39. The maximum absolute atomic E-state index is 5.69. The van der Waals surface area contributed by atoms with Crippen LogP contribution in [-0.4, -0.2) is 34.9 Å². The molecule has 0 N–H and O–H groups in total. The second-order valence-corrected chi connectivity index (χ2v) is 7.41. The molecule has 10 heteroatoms. The van der Waals surface area contributed by atoms with Crippen molar-refractivity contribution in [3.63, 3.8) is 0 Å². The molecule has 0 unspecified atom stereocenters. The Bertz CT molecular complexity index is 1560. The summed E-state index contributed by atoms with van der Waals surface area (Å²) < 4.78 is 18.5. The minimum absolute atomic E-state index is 0.345. The maximum atomic E-state index is 5.69. The minimum Gasteiger partial charge on any atom is -0.463 e. The molecule has 150 valence electrons. The number of hydrogen-bond donors (Lipinski definition) is 0. The quantitative estimate of drug-likeness (QED) is 0.421. The second kappa shape index (κ2) is 6.08. The van der Waals surface area contributed by atoms with E-state index in [2.05, 4.69) is 30.4 Å². The summed E-state index contributed by atoms with van der Waals surface area (Å²) in [7, 11) is 0. The van der Waals surface area contributed by atoms with Crippen molar-refractivity contribution in [1.29, 1.82) is 0 Å². The third-order valence-corrected chi connectivity index (χ3v) is 5.39. The van der Waals surface area contributed by atoms with Crippen molar-refractivity contribution in [2.45, 2.75) is 18.8 Å². The topological polar surface area (TPSA) is 121 Å². The van der Waals surface area contributed by atoms with Crippen molar-refractivity contribution in [2.24, 2.45) is 0 Å². The first kappa shape index (κ1) is 16.5. The Kier molecular flexibility index (Phi) is 3.23. The highest BCUT2D eigenvalue weighted by Crippen LogP contribution is 2.45. The Morgan fingerprint density at radius 1 is 1.00 bits per heavy atom. The molecule has 6 heterocycles. The molecule has 1 aliphatic carbocycles. The first-order valence-electron chi connectivity index (χ1n) is 9.82. The van der Waals surface area contributed by atoms with Crippen LogP contribution in [0.2, 0.25) is 0 Å². The van der Waals surface area contributed by atoms with Crippen LogP contribution in [0.1, 0.15) is 24.5 Å². The molecule has 0 bridgehead atoms. The molecular formula is C21H13N7O3. The van der Waals surface area contributed by atoms with E-state index in [1.807, 2.05) is 18.2 Å². The van der Waals surface area contributed by atoms with Crippen LogP contribution < -0.4 is 0 Å². The van der Waals surface area contributed by atoms with Gasteiger partial charge < -0.3 is 13.5 Å². The van der Waals surface area contributed by atoms with Crippen molar-refractivity contribution in [1.82, 2.24) is 34.9 Å². The van der Waals surface area contributed by atoms with E-state index in [4.69, 9.17) is 13.5 Å². The van der Waals surface area contributed by atoms with Crippen LogP contribution in [-0.2, 0) is 0 Å². The molecule has 0 aromatic carbocycles. The van der Waals surface area contributed by atoms with Gasteiger partial charge in [-0.15, -0.1) is 0 Å². The van der Waals surface area contributed by atoms with Crippen molar-refractivity contribution >= 4 is 16.7 Å². The highest BCUT2D eigenvalue weighted by molar-refractivity contribution is 5.94. The first-order chi connectivity index (χ1) is 15.3. The van der Waals surface area contributed by atoms with Gasteiger partial charge in [-0.05, 0) is 37.1 Å². The van der Waals surface area contributed by atoms with Crippen LogP contribution in [0.3, 0.4) is 0 Å². The van der Waals surface area contributed by atoms with E-state index in [1.54, 1.807) is 35.3 Å². The van der Waals surface area contributed by atoms with Crippen molar-refractivity contribution in [3.8, 4) is 34.4 Å². The van der Waals surface area contributed by atoms with E-state index >= 15 is 0 Å². The van der Waals surface area contributed by atoms with E-state index in [-0.39, 0.29) is 0 Å². The lowest BCUT2D eigenvalue weighted by molar-refractivity contribution is 0.432. The van der Waals surface area contributed by atoms with Crippen LogP contribution in [0.25, 0.3) is 51.2 Å². The highest BCUT2D eigenvalue weighted by atomic mass is 16.5. The standard InChI is InChI=1S/C21H13N7O3/c1-2-15(29-9-1)13-10-12(17-18(11-3-4-11)26-31-21(17)24-13)20-25-19(27-30-20)14-5-7-22-16-6-8-23-28(14)16/h1-2,5-11H,3-4H2. The van der Waals surface area contributed by atoms with Gasteiger partial charge in [-0.25, -0.2) is 14.5 Å². The summed E-state index contributed by atoms with van der Waals surface area (Å²) in [5.74, 6) is 1.72. The second-order valence-electron chi connectivity index (χ2n) is 7.41. The summed E-state index contributed by atoms with van der Waals surface area (Å²) in [6.07, 6.45) is 7.11. The van der Waals surface area contributed by atoms with Gasteiger partial charge in [0.05, 0.1) is 29.1 Å². The average molecular weight is 411 g/mol. The summed E-state index contributed by atoms with van der Waals surface area (Å²) in [6.45, 7) is 0. The monoisotopic (exact) mass is 411 g/mol. The predicted octanol–water partition coefficient (Wildman–Crippen LogP) is 4.12. The molecule has 0 aliphatic heterocycles. The van der Waals surface area contributed by atoms with Gasteiger partial charge in [0, 0.05) is 18.2 Å². The Balaban J connectivity index is 1.44. The van der Waals surface area contributed by atoms with E-state index < -0.39 is 0 Å².